The maximum Gasteiger partial charge on any atom is 0.306 e. The van der Waals surface area contributed by atoms with Gasteiger partial charge in [0.2, 0.25) is 0 Å². The molecule has 2 rings (SSSR count). The number of rotatable bonds is 8. The van der Waals surface area contributed by atoms with Gasteiger partial charge in [-0.15, -0.1) is 11.3 Å². The third kappa shape index (κ3) is 6.31. The maximum atomic E-state index is 11.9. The van der Waals surface area contributed by atoms with Crippen molar-refractivity contribution < 1.29 is 24.0 Å². The molecule has 0 atom stereocenters. The Kier molecular flexibility index (Phi) is 7.28. The molecule has 142 valence electrons. The van der Waals surface area contributed by atoms with E-state index in [1.165, 1.54) is 12.1 Å². The van der Waals surface area contributed by atoms with E-state index in [1.54, 1.807) is 12.1 Å². The van der Waals surface area contributed by atoms with Crippen LogP contribution in [0.1, 0.15) is 22.5 Å². The molecule has 2 aromatic rings. The number of nitro benzene ring substituents is 1. The van der Waals surface area contributed by atoms with Gasteiger partial charge in [-0.25, -0.2) is 0 Å². The third-order valence-electron chi connectivity index (χ3n) is 3.21. The fourth-order valence-electron chi connectivity index (χ4n) is 1.93. The van der Waals surface area contributed by atoms with Crippen LogP contribution in [0.2, 0.25) is 9.36 Å². The number of ether oxygens (including phenoxy) is 1. The Bertz CT molecular complexity index is 899. The molecule has 1 amide bonds. The van der Waals surface area contributed by atoms with Crippen LogP contribution in [0.4, 0.5) is 11.4 Å². The van der Waals surface area contributed by atoms with Crippen molar-refractivity contribution in [2.45, 2.75) is 12.8 Å². The maximum absolute atomic E-state index is 11.9. The number of ketones is 1. The van der Waals surface area contributed by atoms with Crippen LogP contribution in [-0.2, 0) is 14.3 Å². The molecular formula is C16H12Cl2N2O6S. The average Bonchev–Trinajstić information content (AvgIpc) is 3.06. The van der Waals surface area contributed by atoms with E-state index in [0.717, 1.165) is 17.4 Å². The highest BCUT2D eigenvalue weighted by molar-refractivity contribution is 7.18. The Morgan fingerprint density at radius 2 is 1.89 bits per heavy atom. The Morgan fingerprint density at radius 1 is 1.15 bits per heavy atom. The van der Waals surface area contributed by atoms with Gasteiger partial charge in [0.05, 0.1) is 31.3 Å². The number of carbonyl (C=O) groups excluding carboxylic acids is 3. The van der Waals surface area contributed by atoms with E-state index in [2.05, 4.69) is 5.32 Å². The van der Waals surface area contributed by atoms with E-state index in [4.69, 9.17) is 27.9 Å². The second-order valence-corrected chi connectivity index (χ2v) is 7.28. The Hall–Kier alpha value is -2.49. The van der Waals surface area contributed by atoms with E-state index < -0.39 is 23.4 Å². The molecule has 8 nitrogen and oxygen atoms in total. The zero-order chi connectivity index (χ0) is 20.0. The van der Waals surface area contributed by atoms with Gasteiger partial charge in [0.15, 0.2) is 12.4 Å². The molecule has 0 fully saturated rings. The number of esters is 1. The van der Waals surface area contributed by atoms with E-state index in [1.807, 2.05) is 0 Å². The van der Waals surface area contributed by atoms with Crippen LogP contribution < -0.4 is 5.32 Å². The minimum atomic E-state index is -0.712. The molecule has 0 aliphatic rings. The first-order chi connectivity index (χ1) is 12.8. The van der Waals surface area contributed by atoms with Crippen molar-refractivity contribution in [2.75, 3.05) is 11.9 Å². The third-order valence-corrected chi connectivity index (χ3v) is 4.79. The lowest BCUT2D eigenvalue weighted by Crippen LogP contribution is -2.21. The van der Waals surface area contributed by atoms with Crippen molar-refractivity contribution >= 4 is 63.6 Å². The summed E-state index contributed by atoms with van der Waals surface area (Å²) in [5.41, 5.74) is -0.0748. The molecule has 0 aliphatic heterocycles. The Morgan fingerprint density at radius 3 is 2.48 bits per heavy atom. The number of Topliss-reactive ketones (excluding diaryl/α,β-unsaturated/α-hetero) is 1. The molecule has 1 aromatic heterocycles. The van der Waals surface area contributed by atoms with Gasteiger partial charge in [0.25, 0.3) is 11.6 Å². The highest BCUT2D eigenvalue weighted by Gasteiger charge is 2.15. The van der Waals surface area contributed by atoms with Gasteiger partial charge in [-0.1, -0.05) is 23.2 Å². The summed E-state index contributed by atoms with van der Waals surface area (Å²) in [6.07, 6.45) is -0.245. The van der Waals surface area contributed by atoms with Gasteiger partial charge in [-0.05, 0) is 18.2 Å². The highest BCUT2D eigenvalue weighted by atomic mass is 35.5. The van der Waals surface area contributed by atoms with Crippen LogP contribution in [0.3, 0.4) is 0 Å². The molecular weight excluding hydrogens is 419 g/mol. The van der Waals surface area contributed by atoms with Crippen LogP contribution >= 0.6 is 34.5 Å². The summed E-state index contributed by atoms with van der Waals surface area (Å²) >= 11 is 12.7. The fourth-order valence-corrected chi connectivity index (χ4v) is 3.16. The quantitative estimate of drug-likeness (QED) is 0.291. The Balaban J connectivity index is 1.77. The van der Waals surface area contributed by atoms with Crippen LogP contribution in [-0.4, -0.2) is 29.2 Å². The number of nitrogens with one attached hydrogen (secondary N) is 1. The van der Waals surface area contributed by atoms with Crippen LogP contribution in [0, 0.1) is 10.1 Å². The first-order valence-electron chi connectivity index (χ1n) is 7.44. The van der Waals surface area contributed by atoms with Crippen molar-refractivity contribution in [3.05, 3.63) is 54.7 Å². The summed E-state index contributed by atoms with van der Waals surface area (Å²) in [5.74, 6) is -1.63. The predicted octanol–water partition coefficient (Wildman–Crippen LogP) is 4.11. The lowest BCUT2D eigenvalue weighted by Gasteiger charge is -2.08. The molecule has 11 heteroatoms. The number of thiophene rings is 1. The molecule has 0 radical (unpaired) electrons. The lowest BCUT2D eigenvalue weighted by atomic mass is 10.2. The van der Waals surface area contributed by atoms with Crippen molar-refractivity contribution in [3.8, 4) is 0 Å². The first-order valence-corrected chi connectivity index (χ1v) is 9.01. The van der Waals surface area contributed by atoms with E-state index in [0.29, 0.717) is 9.21 Å². The van der Waals surface area contributed by atoms with Gasteiger partial charge in [0.1, 0.15) is 0 Å². The molecule has 0 saturated carbocycles. The minimum absolute atomic E-state index is 0.0240. The number of hydrogen-bond acceptors (Lipinski definition) is 7. The van der Waals surface area contributed by atoms with Crippen molar-refractivity contribution in [3.63, 3.8) is 0 Å². The van der Waals surface area contributed by atoms with E-state index in [9.17, 15) is 24.5 Å². The second kappa shape index (κ2) is 9.45. The first kappa shape index (κ1) is 20.8. The molecule has 1 N–H and O–H groups in total. The topological polar surface area (TPSA) is 116 Å². The number of carbonyl (C=O) groups is 3. The Labute approximate surface area is 167 Å². The van der Waals surface area contributed by atoms with Crippen molar-refractivity contribution in [1.82, 2.24) is 0 Å². The molecule has 0 aliphatic carbocycles. The monoisotopic (exact) mass is 430 g/mol. The molecule has 0 saturated heterocycles. The molecule has 1 aromatic carbocycles. The summed E-state index contributed by atoms with van der Waals surface area (Å²) in [6, 6.07) is 6.69. The van der Waals surface area contributed by atoms with Gasteiger partial charge in [-0.2, -0.15) is 0 Å². The van der Waals surface area contributed by atoms with Crippen molar-refractivity contribution in [2.24, 2.45) is 0 Å². The number of nitrogens with zero attached hydrogens (tertiary/aromatic N) is 1. The van der Waals surface area contributed by atoms with E-state index >= 15 is 0 Å². The zero-order valence-electron chi connectivity index (χ0n) is 13.6. The number of anilines is 1. The molecule has 1 heterocycles. The summed E-state index contributed by atoms with van der Waals surface area (Å²) in [6.45, 7) is -0.578. The molecule has 27 heavy (non-hydrogen) atoms. The van der Waals surface area contributed by atoms with Gasteiger partial charge in [0, 0.05) is 18.6 Å². The fraction of sp³-hybridized carbons (Fsp3) is 0.188. The zero-order valence-corrected chi connectivity index (χ0v) is 15.9. The molecule has 0 spiro atoms. The number of benzene rings is 1. The number of non-ortho nitro benzene ring substituents is 1. The second-order valence-electron chi connectivity index (χ2n) is 5.16. The highest BCUT2D eigenvalue weighted by Crippen LogP contribution is 2.26. The normalized spacial score (nSPS) is 10.3. The standard InChI is InChI=1S/C16H12Cl2N2O6S/c17-10-7-9(20(24)25)1-2-11(10)19-15(22)8-26-16(23)6-3-12(21)13-4-5-14(18)27-13/h1-2,4-5,7H,3,6,8H2,(H,19,22). The minimum Gasteiger partial charge on any atom is -0.456 e. The summed E-state index contributed by atoms with van der Waals surface area (Å²) in [5, 5.41) is 13.0. The lowest BCUT2D eigenvalue weighted by molar-refractivity contribution is -0.384. The summed E-state index contributed by atoms with van der Waals surface area (Å²) in [4.78, 5) is 45.8. The number of nitro groups is 1. The predicted molar refractivity (Wildman–Crippen MR) is 101 cm³/mol. The summed E-state index contributed by atoms with van der Waals surface area (Å²) in [7, 11) is 0. The molecule has 0 unspecified atom stereocenters. The van der Waals surface area contributed by atoms with Gasteiger partial charge in [-0.3, -0.25) is 24.5 Å². The van der Waals surface area contributed by atoms with Crippen LogP contribution in [0.15, 0.2) is 30.3 Å². The largest absolute Gasteiger partial charge is 0.456 e. The van der Waals surface area contributed by atoms with E-state index in [-0.39, 0.29) is 35.0 Å². The number of halogens is 2. The van der Waals surface area contributed by atoms with Gasteiger partial charge >= 0.3 is 5.97 Å². The summed E-state index contributed by atoms with van der Waals surface area (Å²) < 4.78 is 5.27. The van der Waals surface area contributed by atoms with Crippen molar-refractivity contribution in [1.29, 1.82) is 0 Å². The molecule has 0 bridgehead atoms. The number of hydrogen-bond donors (Lipinski definition) is 1. The smallest absolute Gasteiger partial charge is 0.306 e. The van der Waals surface area contributed by atoms with Gasteiger partial charge < -0.3 is 10.1 Å². The van der Waals surface area contributed by atoms with Crippen LogP contribution in [0.25, 0.3) is 0 Å². The van der Waals surface area contributed by atoms with Crippen LogP contribution in [0.5, 0.6) is 0 Å². The SMILES string of the molecule is O=C(COC(=O)CCC(=O)c1ccc(Cl)s1)Nc1ccc([N+](=O)[O-])cc1Cl. The number of amides is 1. The average molecular weight is 431 g/mol.